The highest BCUT2D eigenvalue weighted by molar-refractivity contribution is 5.38. The molecule has 0 atom stereocenters. The summed E-state index contributed by atoms with van der Waals surface area (Å²) in [5.74, 6) is 2.60. The second-order valence-electron chi connectivity index (χ2n) is 6.74. The lowest BCUT2D eigenvalue weighted by Crippen LogP contribution is -2.33. The second-order valence-corrected chi connectivity index (χ2v) is 6.74. The van der Waals surface area contributed by atoms with Gasteiger partial charge in [-0.15, -0.1) is 0 Å². The summed E-state index contributed by atoms with van der Waals surface area (Å²) in [6.45, 7) is 3.08. The highest BCUT2D eigenvalue weighted by Crippen LogP contribution is 2.28. The summed E-state index contributed by atoms with van der Waals surface area (Å²) in [4.78, 5) is 11.2. The molecule has 4 rings (SSSR count). The first-order valence-electron chi connectivity index (χ1n) is 9.12. The van der Waals surface area contributed by atoms with E-state index in [2.05, 4.69) is 43.7 Å². The van der Waals surface area contributed by atoms with E-state index in [1.54, 1.807) is 7.11 Å². The van der Waals surface area contributed by atoms with Crippen molar-refractivity contribution in [3.05, 3.63) is 72.6 Å². The molecule has 3 aromatic rings. The lowest BCUT2D eigenvalue weighted by atomic mass is 9.90. The smallest absolute Gasteiger partial charge is 0.127 e. The second kappa shape index (κ2) is 7.70. The highest BCUT2D eigenvalue weighted by atomic mass is 16.5. The highest BCUT2D eigenvalue weighted by Gasteiger charge is 2.21. The molecule has 0 aliphatic carbocycles. The lowest BCUT2D eigenvalue weighted by molar-refractivity contribution is 0.199. The van der Waals surface area contributed by atoms with Crippen LogP contribution in [0.15, 0.2) is 61.2 Å². The fourth-order valence-corrected chi connectivity index (χ4v) is 3.69. The first kappa shape index (κ1) is 16.8. The molecule has 0 bridgehead atoms. The number of nitrogens with zero attached hydrogens (tertiary/aromatic N) is 4. The van der Waals surface area contributed by atoms with E-state index in [0.717, 1.165) is 36.9 Å². The minimum Gasteiger partial charge on any atom is -0.497 e. The van der Waals surface area contributed by atoms with Gasteiger partial charge in [-0.2, -0.15) is 0 Å². The van der Waals surface area contributed by atoms with E-state index in [1.165, 1.54) is 18.4 Å². The molecule has 0 radical (unpaired) electrons. The Bertz CT molecular complexity index is 821. The Labute approximate surface area is 154 Å². The molecule has 134 valence electrons. The number of ether oxygens (including phenoxy) is 1. The van der Waals surface area contributed by atoms with Crippen LogP contribution in [0, 0.1) is 0 Å². The van der Waals surface area contributed by atoms with Gasteiger partial charge >= 0.3 is 0 Å². The van der Waals surface area contributed by atoms with E-state index in [9.17, 15) is 0 Å². The zero-order valence-electron chi connectivity index (χ0n) is 15.1. The average Bonchev–Trinajstić information content (AvgIpc) is 3.17. The molecule has 26 heavy (non-hydrogen) atoms. The lowest BCUT2D eigenvalue weighted by Gasteiger charge is -2.32. The Morgan fingerprint density at radius 2 is 1.73 bits per heavy atom. The number of hydrogen-bond acceptors (Lipinski definition) is 4. The molecule has 2 aromatic heterocycles. The van der Waals surface area contributed by atoms with Gasteiger partial charge in [-0.1, -0.05) is 0 Å². The number of benzene rings is 1. The van der Waals surface area contributed by atoms with E-state index in [4.69, 9.17) is 4.74 Å². The zero-order valence-corrected chi connectivity index (χ0v) is 15.1. The maximum atomic E-state index is 5.25. The van der Waals surface area contributed by atoms with E-state index in [0.29, 0.717) is 5.92 Å². The van der Waals surface area contributed by atoms with E-state index < -0.39 is 0 Å². The van der Waals surface area contributed by atoms with Gasteiger partial charge in [-0.25, -0.2) is 4.98 Å². The predicted molar refractivity (Wildman–Crippen MR) is 102 cm³/mol. The number of aromatic nitrogens is 3. The molecule has 0 spiro atoms. The van der Waals surface area contributed by atoms with Crippen LogP contribution < -0.4 is 4.74 Å². The van der Waals surface area contributed by atoms with Crippen LogP contribution in [-0.2, 0) is 6.54 Å². The SMILES string of the molecule is COc1ccc(-n2ccnc2CN2CCC(c3ccncc3)CC2)cc1. The Kier molecular flexibility index (Phi) is 4.97. The fraction of sp³-hybridized carbons (Fsp3) is 0.333. The van der Waals surface area contributed by atoms with Crippen molar-refractivity contribution in [1.82, 2.24) is 19.4 Å². The van der Waals surface area contributed by atoms with E-state index in [1.807, 2.05) is 36.9 Å². The molecule has 0 saturated carbocycles. The molecule has 0 amide bonds. The third-order valence-corrected chi connectivity index (χ3v) is 5.20. The number of imidazole rings is 1. The van der Waals surface area contributed by atoms with Gasteiger partial charge in [0.15, 0.2) is 0 Å². The fourth-order valence-electron chi connectivity index (χ4n) is 3.69. The normalized spacial score (nSPS) is 15.9. The zero-order chi connectivity index (χ0) is 17.8. The van der Waals surface area contributed by atoms with Crippen LogP contribution in [0.2, 0.25) is 0 Å². The number of methoxy groups -OCH3 is 1. The number of likely N-dealkylation sites (tertiary alicyclic amines) is 1. The molecule has 1 saturated heterocycles. The van der Waals surface area contributed by atoms with Gasteiger partial charge in [0.25, 0.3) is 0 Å². The Hall–Kier alpha value is -2.66. The van der Waals surface area contributed by atoms with Crippen molar-refractivity contribution in [1.29, 1.82) is 0 Å². The standard InChI is InChI=1S/C21H24N4O/c1-26-20-4-2-19(3-5-20)25-15-12-23-21(25)16-24-13-8-18(9-14-24)17-6-10-22-11-7-17/h2-7,10-12,15,18H,8-9,13-14,16H2,1H3. The van der Waals surface area contributed by atoms with Crippen molar-refractivity contribution in [3.8, 4) is 11.4 Å². The number of rotatable bonds is 5. The number of hydrogen-bond donors (Lipinski definition) is 0. The van der Waals surface area contributed by atoms with Gasteiger partial charge < -0.3 is 9.30 Å². The third kappa shape index (κ3) is 3.63. The maximum absolute atomic E-state index is 5.25. The quantitative estimate of drug-likeness (QED) is 0.706. The molecule has 1 aliphatic rings. The Morgan fingerprint density at radius 1 is 1.00 bits per heavy atom. The van der Waals surface area contributed by atoms with Crippen LogP contribution in [-0.4, -0.2) is 39.6 Å². The maximum Gasteiger partial charge on any atom is 0.127 e. The molecule has 0 unspecified atom stereocenters. The summed E-state index contributed by atoms with van der Waals surface area (Å²) in [6, 6.07) is 12.4. The summed E-state index contributed by atoms with van der Waals surface area (Å²) >= 11 is 0. The molecule has 0 N–H and O–H groups in total. The summed E-state index contributed by atoms with van der Waals surface area (Å²) in [5.41, 5.74) is 2.53. The molecular weight excluding hydrogens is 324 g/mol. The first-order chi connectivity index (χ1) is 12.8. The van der Waals surface area contributed by atoms with Crippen LogP contribution in [0.25, 0.3) is 5.69 Å². The van der Waals surface area contributed by atoms with Crippen LogP contribution in [0.5, 0.6) is 5.75 Å². The first-order valence-corrected chi connectivity index (χ1v) is 9.12. The molecule has 1 aromatic carbocycles. The van der Waals surface area contributed by atoms with Crippen molar-refractivity contribution in [2.45, 2.75) is 25.3 Å². The van der Waals surface area contributed by atoms with Gasteiger partial charge in [-0.05, 0) is 73.8 Å². The Balaban J connectivity index is 1.40. The third-order valence-electron chi connectivity index (χ3n) is 5.20. The van der Waals surface area contributed by atoms with Crippen molar-refractivity contribution in [2.24, 2.45) is 0 Å². The van der Waals surface area contributed by atoms with Crippen LogP contribution in [0.3, 0.4) is 0 Å². The van der Waals surface area contributed by atoms with Gasteiger partial charge in [0.1, 0.15) is 11.6 Å². The monoisotopic (exact) mass is 348 g/mol. The van der Waals surface area contributed by atoms with Crippen LogP contribution >= 0.6 is 0 Å². The minimum absolute atomic E-state index is 0.649. The van der Waals surface area contributed by atoms with Crippen molar-refractivity contribution >= 4 is 0 Å². The summed E-state index contributed by atoms with van der Waals surface area (Å²) in [6.07, 6.45) is 10.1. The van der Waals surface area contributed by atoms with Crippen molar-refractivity contribution in [3.63, 3.8) is 0 Å². The molecule has 3 heterocycles. The summed E-state index contributed by atoms with van der Waals surface area (Å²) in [5, 5.41) is 0. The molecule has 5 heteroatoms. The van der Waals surface area contributed by atoms with E-state index in [-0.39, 0.29) is 0 Å². The predicted octanol–water partition coefficient (Wildman–Crippen LogP) is 3.66. The average molecular weight is 348 g/mol. The van der Waals surface area contributed by atoms with Crippen molar-refractivity contribution < 1.29 is 4.74 Å². The minimum atomic E-state index is 0.649. The molecule has 5 nitrogen and oxygen atoms in total. The van der Waals surface area contributed by atoms with Gasteiger partial charge in [-0.3, -0.25) is 9.88 Å². The Morgan fingerprint density at radius 3 is 2.42 bits per heavy atom. The van der Waals surface area contributed by atoms with Crippen LogP contribution in [0.4, 0.5) is 0 Å². The van der Waals surface area contributed by atoms with E-state index >= 15 is 0 Å². The topological polar surface area (TPSA) is 43.2 Å². The van der Waals surface area contributed by atoms with Crippen molar-refractivity contribution in [2.75, 3.05) is 20.2 Å². The van der Waals surface area contributed by atoms with Gasteiger partial charge in [0, 0.05) is 30.5 Å². The summed E-state index contributed by atoms with van der Waals surface area (Å²) < 4.78 is 7.41. The van der Waals surface area contributed by atoms with Crippen LogP contribution in [0.1, 0.15) is 30.1 Å². The number of pyridine rings is 1. The molecular formula is C21H24N4O. The molecule has 1 fully saturated rings. The van der Waals surface area contributed by atoms with Gasteiger partial charge in [0.05, 0.1) is 13.7 Å². The summed E-state index contributed by atoms with van der Waals surface area (Å²) in [7, 11) is 1.69. The molecule has 1 aliphatic heterocycles. The largest absolute Gasteiger partial charge is 0.497 e. The van der Waals surface area contributed by atoms with Gasteiger partial charge in [0.2, 0.25) is 0 Å². The number of piperidine rings is 1.